The maximum Gasteiger partial charge on any atom is 0.279 e. The quantitative estimate of drug-likeness (QED) is 0.494. The molecule has 1 aliphatic rings. The van der Waals surface area contributed by atoms with Crippen LogP contribution in [0.25, 0.3) is 0 Å². The molecular formula is C10H11BrClN5O2. The van der Waals surface area contributed by atoms with Crippen LogP contribution in [-0.2, 0) is 0 Å². The number of nitrogens with one attached hydrogen (secondary N) is 2. The number of halogens is 2. The summed E-state index contributed by atoms with van der Waals surface area (Å²) < 4.78 is 0.614. The Morgan fingerprint density at radius 1 is 1.58 bits per heavy atom. The van der Waals surface area contributed by atoms with Gasteiger partial charge in [-0.15, -0.1) is 12.4 Å². The van der Waals surface area contributed by atoms with Gasteiger partial charge in [-0.25, -0.2) is 10.4 Å². The van der Waals surface area contributed by atoms with E-state index in [0.717, 1.165) is 6.54 Å². The number of nitro groups is 1. The number of aliphatic imine (C=N–C) groups is 1. The summed E-state index contributed by atoms with van der Waals surface area (Å²) >= 11 is 3.26. The van der Waals surface area contributed by atoms with Gasteiger partial charge in [-0.3, -0.25) is 10.1 Å². The van der Waals surface area contributed by atoms with E-state index in [1.165, 1.54) is 12.3 Å². The molecule has 0 bridgehead atoms. The molecule has 2 N–H and O–H groups in total. The predicted octanol–water partition coefficient (Wildman–Crippen LogP) is 1.66. The third-order valence-corrected chi connectivity index (χ3v) is 2.96. The van der Waals surface area contributed by atoms with Gasteiger partial charge in [-0.2, -0.15) is 5.10 Å². The molecule has 7 nitrogen and oxygen atoms in total. The van der Waals surface area contributed by atoms with E-state index in [0.29, 0.717) is 22.5 Å². The van der Waals surface area contributed by atoms with E-state index in [2.05, 4.69) is 36.8 Å². The summed E-state index contributed by atoms with van der Waals surface area (Å²) in [4.78, 5) is 14.5. The van der Waals surface area contributed by atoms with Crippen LogP contribution in [0.3, 0.4) is 0 Å². The fraction of sp³-hybridized carbons (Fsp3) is 0.200. The van der Waals surface area contributed by atoms with Crippen LogP contribution >= 0.6 is 28.3 Å². The maximum absolute atomic E-state index is 10.9. The molecule has 19 heavy (non-hydrogen) atoms. The van der Waals surface area contributed by atoms with Crippen molar-refractivity contribution in [1.82, 2.24) is 10.7 Å². The van der Waals surface area contributed by atoms with Crippen molar-refractivity contribution in [3.63, 3.8) is 0 Å². The lowest BCUT2D eigenvalue weighted by Crippen LogP contribution is -2.30. The monoisotopic (exact) mass is 347 g/mol. The first kappa shape index (κ1) is 15.4. The van der Waals surface area contributed by atoms with Gasteiger partial charge in [0.05, 0.1) is 23.2 Å². The van der Waals surface area contributed by atoms with Gasteiger partial charge in [-0.1, -0.05) is 6.07 Å². The number of benzene rings is 1. The molecule has 102 valence electrons. The molecule has 1 aliphatic heterocycles. The highest BCUT2D eigenvalue weighted by Gasteiger charge is 2.14. The Labute approximate surface area is 123 Å². The zero-order valence-corrected chi connectivity index (χ0v) is 12.1. The van der Waals surface area contributed by atoms with Crippen molar-refractivity contribution in [2.75, 3.05) is 13.1 Å². The Kier molecular flexibility index (Phi) is 5.71. The molecule has 0 saturated heterocycles. The number of hydrazone groups is 1. The Morgan fingerprint density at radius 2 is 2.37 bits per heavy atom. The van der Waals surface area contributed by atoms with Crippen molar-refractivity contribution >= 4 is 46.2 Å². The zero-order chi connectivity index (χ0) is 13.0. The third-order valence-electron chi connectivity index (χ3n) is 2.26. The first-order chi connectivity index (χ1) is 8.68. The summed E-state index contributed by atoms with van der Waals surface area (Å²) in [6.07, 6.45) is 1.39. The highest BCUT2D eigenvalue weighted by atomic mass is 79.9. The molecule has 1 heterocycles. The standard InChI is InChI=1S/C10H10BrN5O2.ClH/c11-8-2-1-3-9(16(17)18)7(8)6-14-15-10-12-4-5-13-10;/h1-3,6H,4-5H2,(H2,12,13,15);1H/b14-6+;. The Balaban J connectivity index is 0.00000180. The van der Waals surface area contributed by atoms with Crippen molar-refractivity contribution in [2.24, 2.45) is 10.1 Å². The molecule has 0 aromatic heterocycles. The number of hydrogen-bond acceptors (Lipinski definition) is 6. The second-order valence-electron chi connectivity index (χ2n) is 3.46. The first-order valence-electron chi connectivity index (χ1n) is 5.19. The van der Waals surface area contributed by atoms with Gasteiger partial charge in [0, 0.05) is 17.1 Å². The Hall–Kier alpha value is -1.67. The molecule has 0 aliphatic carbocycles. The molecule has 0 saturated carbocycles. The Morgan fingerprint density at radius 3 is 3.00 bits per heavy atom. The summed E-state index contributed by atoms with van der Waals surface area (Å²) in [5, 5.41) is 17.8. The van der Waals surface area contributed by atoms with Crippen LogP contribution in [0.4, 0.5) is 5.69 Å². The van der Waals surface area contributed by atoms with E-state index in [4.69, 9.17) is 0 Å². The summed E-state index contributed by atoms with van der Waals surface area (Å²) in [6.45, 7) is 1.47. The van der Waals surface area contributed by atoms with Crippen LogP contribution in [0.15, 0.2) is 32.8 Å². The van der Waals surface area contributed by atoms with Crippen LogP contribution in [0, 0.1) is 10.1 Å². The SMILES string of the molecule is Cl.O=[N+]([O-])c1cccc(Br)c1/C=N/NC1=NCCN1. The van der Waals surface area contributed by atoms with Gasteiger partial charge in [0.15, 0.2) is 0 Å². The molecule has 2 rings (SSSR count). The minimum atomic E-state index is -0.447. The molecule has 9 heteroatoms. The normalized spacial score (nSPS) is 13.6. The fourth-order valence-corrected chi connectivity index (χ4v) is 1.90. The van der Waals surface area contributed by atoms with Crippen molar-refractivity contribution in [3.05, 3.63) is 38.3 Å². The second kappa shape index (κ2) is 7.05. The van der Waals surface area contributed by atoms with Gasteiger partial charge in [-0.05, 0) is 22.0 Å². The highest BCUT2D eigenvalue weighted by Crippen LogP contribution is 2.24. The molecule has 0 spiro atoms. The van der Waals surface area contributed by atoms with Crippen LogP contribution < -0.4 is 10.7 Å². The largest absolute Gasteiger partial charge is 0.353 e. The van der Waals surface area contributed by atoms with E-state index in [-0.39, 0.29) is 18.1 Å². The third kappa shape index (κ3) is 3.90. The lowest BCUT2D eigenvalue weighted by Gasteiger charge is -2.01. The second-order valence-corrected chi connectivity index (χ2v) is 4.31. The summed E-state index contributed by atoms with van der Waals surface area (Å²) in [6, 6.07) is 4.76. The van der Waals surface area contributed by atoms with Gasteiger partial charge in [0.2, 0.25) is 5.96 Å². The molecule has 1 aromatic carbocycles. The van der Waals surface area contributed by atoms with Crippen molar-refractivity contribution in [3.8, 4) is 0 Å². The average molecular weight is 349 g/mol. The Bertz CT molecular complexity index is 535. The number of guanidine groups is 1. The van der Waals surface area contributed by atoms with Gasteiger partial charge < -0.3 is 5.32 Å². The van der Waals surface area contributed by atoms with E-state index in [1.807, 2.05) is 0 Å². The lowest BCUT2D eigenvalue weighted by atomic mass is 10.2. The first-order valence-corrected chi connectivity index (χ1v) is 5.98. The fourth-order valence-electron chi connectivity index (χ4n) is 1.44. The number of nitro benzene ring substituents is 1. The number of nitrogens with zero attached hydrogens (tertiary/aromatic N) is 3. The van der Waals surface area contributed by atoms with Gasteiger partial charge in [0.1, 0.15) is 0 Å². The molecule has 1 aromatic rings. The smallest absolute Gasteiger partial charge is 0.279 e. The molecule has 0 atom stereocenters. The molecule has 0 fully saturated rings. The van der Waals surface area contributed by atoms with E-state index < -0.39 is 4.92 Å². The average Bonchev–Trinajstić information content (AvgIpc) is 2.84. The molecular weight excluding hydrogens is 338 g/mol. The predicted molar refractivity (Wildman–Crippen MR) is 79.1 cm³/mol. The van der Waals surface area contributed by atoms with Crippen LogP contribution in [-0.4, -0.2) is 30.2 Å². The van der Waals surface area contributed by atoms with Crippen LogP contribution in [0.5, 0.6) is 0 Å². The van der Waals surface area contributed by atoms with E-state index >= 15 is 0 Å². The van der Waals surface area contributed by atoms with Gasteiger partial charge in [0.25, 0.3) is 5.69 Å². The van der Waals surface area contributed by atoms with Crippen molar-refractivity contribution in [2.45, 2.75) is 0 Å². The molecule has 0 amide bonds. The molecule has 0 radical (unpaired) electrons. The maximum atomic E-state index is 10.9. The number of hydrogen-bond donors (Lipinski definition) is 2. The topological polar surface area (TPSA) is 91.9 Å². The highest BCUT2D eigenvalue weighted by molar-refractivity contribution is 9.10. The minimum absolute atomic E-state index is 0. The summed E-state index contributed by atoms with van der Waals surface area (Å²) in [5.74, 6) is 0.570. The number of rotatable bonds is 3. The van der Waals surface area contributed by atoms with Crippen molar-refractivity contribution in [1.29, 1.82) is 0 Å². The summed E-state index contributed by atoms with van der Waals surface area (Å²) in [5.41, 5.74) is 3.10. The van der Waals surface area contributed by atoms with Crippen molar-refractivity contribution < 1.29 is 4.92 Å². The van der Waals surface area contributed by atoms with Crippen LogP contribution in [0.2, 0.25) is 0 Å². The van der Waals surface area contributed by atoms with E-state index in [9.17, 15) is 10.1 Å². The zero-order valence-electron chi connectivity index (χ0n) is 9.67. The lowest BCUT2D eigenvalue weighted by molar-refractivity contribution is -0.385. The van der Waals surface area contributed by atoms with Crippen LogP contribution in [0.1, 0.15) is 5.56 Å². The van der Waals surface area contributed by atoms with E-state index in [1.54, 1.807) is 12.1 Å². The molecule has 0 unspecified atom stereocenters. The minimum Gasteiger partial charge on any atom is -0.353 e. The summed E-state index contributed by atoms with van der Waals surface area (Å²) in [7, 11) is 0. The van der Waals surface area contributed by atoms with Gasteiger partial charge >= 0.3 is 0 Å².